The molecule has 0 spiro atoms. The number of nitrogens with one attached hydrogen (secondary N) is 2. The standard InChI is InChI=1S/C12H12N4OS/c1-8(17)14-4-5-16-11-6-9(7-13)2-3-10(11)15-12(16)18/h2-3,6H,4-5H2,1H3,(H,14,17)(H,15,18). The molecule has 2 aromatic rings. The maximum absolute atomic E-state index is 10.8. The first-order chi connectivity index (χ1) is 8.61. The van der Waals surface area contributed by atoms with Crippen LogP contribution in [0.1, 0.15) is 12.5 Å². The Kier molecular flexibility index (Phi) is 3.44. The first kappa shape index (κ1) is 12.3. The van der Waals surface area contributed by atoms with Crippen molar-refractivity contribution in [2.75, 3.05) is 6.54 Å². The second-order valence-electron chi connectivity index (χ2n) is 3.91. The lowest BCUT2D eigenvalue weighted by Gasteiger charge is -2.05. The number of H-pyrrole nitrogens is 1. The van der Waals surface area contributed by atoms with E-state index in [4.69, 9.17) is 17.5 Å². The summed E-state index contributed by atoms with van der Waals surface area (Å²) in [4.78, 5) is 13.9. The summed E-state index contributed by atoms with van der Waals surface area (Å²) in [6, 6.07) is 7.46. The zero-order valence-electron chi connectivity index (χ0n) is 9.86. The van der Waals surface area contributed by atoms with E-state index >= 15 is 0 Å². The van der Waals surface area contributed by atoms with Crippen molar-refractivity contribution in [2.45, 2.75) is 13.5 Å². The van der Waals surface area contributed by atoms with Gasteiger partial charge in [0.1, 0.15) is 0 Å². The number of aromatic amines is 1. The van der Waals surface area contributed by atoms with Gasteiger partial charge in [0.15, 0.2) is 4.77 Å². The molecule has 0 fully saturated rings. The first-order valence-electron chi connectivity index (χ1n) is 5.49. The second kappa shape index (κ2) is 5.02. The molecule has 1 heterocycles. The van der Waals surface area contributed by atoms with Gasteiger partial charge < -0.3 is 14.9 Å². The number of hydrogen-bond acceptors (Lipinski definition) is 3. The van der Waals surface area contributed by atoms with E-state index in [-0.39, 0.29) is 5.91 Å². The van der Waals surface area contributed by atoms with Crippen LogP contribution in [0.25, 0.3) is 11.0 Å². The van der Waals surface area contributed by atoms with E-state index in [0.29, 0.717) is 23.4 Å². The Bertz CT molecular complexity index is 692. The monoisotopic (exact) mass is 260 g/mol. The molecular formula is C12H12N4OS. The van der Waals surface area contributed by atoms with Crippen LogP contribution >= 0.6 is 12.2 Å². The number of nitrogens with zero attached hydrogens (tertiary/aromatic N) is 2. The van der Waals surface area contributed by atoms with Gasteiger partial charge in [0.2, 0.25) is 5.91 Å². The van der Waals surface area contributed by atoms with Gasteiger partial charge in [-0.1, -0.05) is 0 Å². The van der Waals surface area contributed by atoms with E-state index in [9.17, 15) is 4.79 Å². The number of carbonyl (C=O) groups is 1. The Balaban J connectivity index is 2.36. The number of aromatic nitrogens is 2. The molecule has 0 saturated carbocycles. The highest BCUT2D eigenvalue weighted by atomic mass is 32.1. The number of hydrogen-bond donors (Lipinski definition) is 2. The molecule has 0 atom stereocenters. The van der Waals surface area contributed by atoms with E-state index < -0.39 is 0 Å². The summed E-state index contributed by atoms with van der Waals surface area (Å²) in [6.07, 6.45) is 0. The Morgan fingerprint density at radius 1 is 1.61 bits per heavy atom. The maximum Gasteiger partial charge on any atom is 0.216 e. The van der Waals surface area contributed by atoms with Crippen LogP contribution in [0.4, 0.5) is 0 Å². The van der Waals surface area contributed by atoms with Gasteiger partial charge in [0.05, 0.1) is 22.7 Å². The number of fused-ring (bicyclic) bond motifs is 1. The van der Waals surface area contributed by atoms with Crippen LogP contribution in [0.2, 0.25) is 0 Å². The molecule has 2 N–H and O–H groups in total. The number of imidazole rings is 1. The third kappa shape index (κ3) is 2.41. The van der Waals surface area contributed by atoms with E-state index in [2.05, 4.69) is 16.4 Å². The SMILES string of the molecule is CC(=O)NCCn1c(=S)[nH]c2ccc(C#N)cc21. The molecule has 0 unspecified atom stereocenters. The molecule has 0 bridgehead atoms. The van der Waals surface area contributed by atoms with Gasteiger partial charge in [-0.3, -0.25) is 4.79 Å². The highest BCUT2D eigenvalue weighted by Crippen LogP contribution is 2.15. The van der Waals surface area contributed by atoms with Crippen LogP contribution in [-0.4, -0.2) is 22.0 Å². The topological polar surface area (TPSA) is 73.6 Å². The minimum Gasteiger partial charge on any atom is -0.355 e. The van der Waals surface area contributed by atoms with Crippen molar-refractivity contribution in [3.8, 4) is 6.07 Å². The quantitative estimate of drug-likeness (QED) is 0.825. The van der Waals surface area contributed by atoms with E-state index in [1.54, 1.807) is 12.1 Å². The normalized spacial score (nSPS) is 10.2. The molecular weight excluding hydrogens is 248 g/mol. The number of carbonyl (C=O) groups excluding carboxylic acids is 1. The second-order valence-corrected chi connectivity index (χ2v) is 4.30. The highest BCUT2D eigenvalue weighted by molar-refractivity contribution is 7.71. The van der Waals surface area contributed by atoms with Crippen LogP contribution in [-0.2, 0) is 11.3 Å². The van der Waals surface area contributed by atoms with Crippen LogP contribution in [0.5, 0.6) is 0 Å². The lowest BCUT2D eigenvalue weighted by atomic mass is 10.2. The molecule has 92 valence electrons. The summed E-state index contributed by atoms with van der Waals surface area (Å²) >= 11 is 5.22. The third-order valence-corrected chi connectivity index (χ3v) is 2.94. The van der Waals surface area contributed by atoms with Crippen molar-refractivity contribution in [1.82, 2.24) is 14.9 Å². The van der Waals surface area contributed by atoms with Crippen molar-refractivity contribution in [3.63, 3.8) is 0 Å². The van der Waals surface area contributed by atoms with Crippen molar-refractivity contribution in [3.05, 3.63) is 28.5 Å². The van der Waals surface area contributed by atoms with Crippen LogP contribution < -0.4 is 5.32 Å². The first-order valence-corrected chi connectivity index (χ1v) is 5.90. The Hall–Kier alpha value is -2.13. The number of amides is 1. The van der Waals surface area contributed by atoms with Gasteiger partial charge in [0, 0.05) is 20.0 Å². The fraction of sp³-hybridized carbons (Fsp3) is 0.250. The number of rotatable bonds is 3. The van der Waals surface area contributed by atoms with Crippen molar-refractivity contribution in [1.29, 1.82) is 5.26 Å². The molecule has 0 aliphatic rings. The lowest BCUT2D eigenvalue weighted by Crippen LogP contribution is -2.24. The van der Waals surface area contributed by atoms with Crippen molar-refractivity contribution < 1.29 is 4.79 Å². The summed E-state index contributed by atoms with van der Waals surface area (Å²) in [6.45, 7) is 2.56. The number of benzene rings is 1. The minimum absolute atomic E-state index is 0.0703. The summed E-state index contributed by atoms with van der Waals surface area (Å²) < 4.78 is 2.46. The predicted molar refractivity (Wildman–Crippen MR) is 70.5 cm³/mol. The molecule has 2 rings (SSSR count). The minimum atomic E-state index is -0.0703. The maximum atomic E-state index is 10.8. The van der Waals surface area contributed by atoms with Crippen LogP contribution in [0, 0.1) is 16.1 Å². The van der Waals surface area contributed by atoms with Crippen molar-refractivity contribution in [2.24, 2.45) is 0 Å². The van der Waals surface area contributed by atoms with Crippen molar-refractivity contribution >= 4 is 29.2 Å². The highest BCUT2D eigenvalue weighted by Gasteiger charge is 2.05. The molecule has 0 saturated heterocycles. The molecule has 1 aromatic heterocycles. The fourth-order valence-electron chi connectivity index (χ4n) is 1.79. The van der Waals surface area contributed by atoms with Gasteiger partial charge in [0.25, 0.3) is 0 Å². The third-order valence-electron chi connectivity index (χ3n) is 2.61. The summed E-state index contributed by atoms with van der Waals surface area (Å²) in [5, 5.41) is 11.6. The number of nitriles is 1. The Morgan fingerprint density at radius 3 is 3.06 bits per heavy atom. The fourth-order valence-corrected chi connectivity index (χ4v) is 2.09. The van der Waals surface area contributed by atoms with E-state index in [1.165, 1.54) is 6.92 Å². The molecule has 1 aromatic carbocycles. The van der Waals surface area contributed by atoms with Crippen LogP contribution in [0.3, 0.4) is 0 Å². The molecule has 6 heteroatoms. The molecule has 1 amide bonds. The van der Waals surface area contributed by atoms with Gasteiger partial charge in [-0.25, -0.2) is 0 Å². The van der Waals surface area contributed by atoms with E-state index in [0.717, 1.165) is 11.0 Å². The molecule has 0 aliphatic carbocycles. The summed E-state index contributed by atoms with van der Waals surface area (Å²) in [5.41, 5.74) is 2.36. The van der Waals surface area contributed by atoms with Gasteiger partial charge in [-0.05, 0) is 30.4 Å². The lowest BCUT2D eigenvalue weighted by molar-refractivity contribution is -0.118. The van der Waals surface area contributed by atoms with Gasteiger partial charge in [-0.15, -0.1) is 0 Å². The van der Waals surface area contributed by atoms with Gasteiger partial charge in [-0.2, -0.15) is 5.26 Å². The summed E-state index contributed by atoms with van der Waals surface area (Å²) in [7, 11) is 0. The molecule has 5 nitrogen and oxygen atoms in total. The van der Waals surface area contributed by atoms with E-state index in [1.807, 2.05) is 10.6 Å². The molecule has 18 heavy (non-hydrogen) atoms. The molecule has 0 aliphatic heterocycles. The zero-order valence-corrected chi connectivity index (χ0v) is 10.7. The molecule has 0 radical (unpaired) electrons. The van der Waals surface area contributed by atoms with Gasteiger partial charge >= 0.3 is 0 Å². The Labute approximate surface area is 109 Å². The summed E-state index contributed by atoms with van der Waals surface area (Å²) in [5.74, 6) is -0.0703. The Morgan fingerprint density at radius 2 is 2.39 bits per heavy atom. The predicted octanol–water partition coefficient (Wildman–Crippen LogP) is 1.71. The largest absolute Gasteiger partial charge is 0.355 e. The average molecular weight is 260 g/mol. The average Bonchev–Trinajstić information content (AvgIpc) is 2.64. The zero-order chi connectivity index (χ0) is 13.1. The smallest absolute Gasteiger partial charge is 0.216 e. The van der Waals surface area contributed by atoms with Crippen LogP contribution in [0.15, 0.2) is 18.2 Å².